The quantitative estimate of drug-likeness (QED) is 0.410. The van der Waals surface area contributed by atoms with Crippen LogP contribution in [0.2, 0.25) is 0 Å². The molecule has 1 aliphatic heterocycles. The molecule has 204 valence electrons. The number of hydrogen-bond acceptors (Lipinski definition) is 4. The second-order valence-corrected chi connectivity index (χ2v) is 8.39. The highest BCUT2D eigenvalue weighted by molar-refractivity contribution is 5.88. The molecule has 4 rings (SSSR count). The van der Waals surface area contributed by atoms with Gasteiger partial charge in [-0.15, -0.1) is 0 Å². The fourth-order valence-electron chi connectivity index (χ4n) is 3.51. The molecular weight excluding hydrogens is 527 g/mol. The summed E-state index contributed by atoms with van der Waals surface area (Å²) in [6.07, 6.45) is -2.56. The van der Waals surface area contributed by atoms with Gasteiger partial charge in [0.05, 0.1) is 11.1 Å². The molecule has 0 spiro atoms. The lowest BCUT2D eigenvalue weighted by molar-refractivity contribution is -0.192. The molecular formula is C25H20F7NO5. The maximum Gasteiger partial charge on any atom is 0.490 e. The first-order valence-corrected chi connectivity index (χ1v) is 11.0. The van der Waals surface area contributed by atoms with Gasteiger partial charge >= 0.3 is 24.3 Å². The summed E-state index contributed by atoms with van der Waals surface area (Å²) in [6.45, 7) is 0.795. The number of halogens is 7. The smallest absolute Gasteiger partial charge is 0.478 e. The van der Waals surface area contributed by atoms with Gasteiger partial charge in [-0.1, -0.05) is 6.07 Å². The summed E-state index contributed by atoms with van der Waals surface area (Å²) < 4.78 is 90.0. The van der Waals surface area contributed by atoms with Crippen LogP contribution in [0, 0.1) is 5.82 Å². The van der Waals surface area contributed by atoms with E-state index in [0.717, 1.165) is 36.1 Å². The third-order valence-corrected chi connectivity index (χ3v) is 5.47. The molecule has 0 atom stereocenters. The van der Waals surface area contributed by atoms with Crippen LogP contribution in [0.3, 0.4) is 0 Å². The molecule has 1 heterocycles. The predicted octanol–water partition coefficient (Wildman–Crippen LogP) is 6.35. The molecule has 2 aromatic rings. The molecule has 6 nitrogen and oxygen atoms in total. The SMILES string of the molecule is O=C(O)C(F)(F)F.O=C(O)c1cc(C2CC2)c(CN2C=CC(Oc3cccc(C(F)(F)F)c3)=CC2)cc1F. The van der Waals surface area contributed by atoms with Gasteiger partial charge in [0, 0.05) is 19.3 Å². The molecule has 13 heteroatoms. The van der Waals surface area contributed by atoms with Crippen molar-refractivity contribution in [2.75, 3.05) is 6.54 Å². The minimum absolute atomic E-state index is 0.0847. The topological polar surface area (TPSA) is 87.1 Å². The van der Waals surface area contributed by atoms with Gasteiger partial charge in [-0.3, -0.25) is 0 Å². The molecule has 0 saturated heterocycles. The van der Waals surface area contributed by atoms with Gasteiger partial charge in [0.25, 0.3) is 0 Å². The Morgan fingerprint density at radius 1 is 1.03 bits per heavy atom. The van der Waals surface area contributed by atoms with Crippen LogP contribution in [0.1, 0.15) is 45.8 Å². The molecule has 2 aliphatic rings. The second kappa shape index (κ2) is 11.2. The minimum atomic E-state index is -5.08. The number of hydrogen-bond donors (Lipinski definition) is 2. The first kappa shape index (κ1) is 28.5. The molecule has 0 unspecified atom stereocenters. The molecule has 1 aliphatic carbocycles. The van der Waals surface area contributed by atoms with Crippen molar-refractivity contribution in [1.29, 1.82) is 0 Å². The van der Waals surface area contributed by atoms with Gasteiger partial charge in [-0.2, -0.15) is 26.3 Å². The van der Waals surface area contributed by atoms with Gasteiger partial charge in [0.15, 0.2) is 0 Å². The number of ether oxygens (including phenoxy) is 1. The van der Waals surface area contributed by atoms with E-state index in [1.165, 1.54) is 24.3 Å². The number of aliphatic carboxylic acids is 1. The summed E-state index contributed by atoms with van der Waals surface area (Å²) in [6, 6.07) is 7.36. The Morgan fingerprint density at radius 2 is 1.68 bits per heavy atom. The number of aromatic carboxylic acids is 1. The van der Waals surface area contributed by atoms with E-state index in [1.54, 1.807) is 18.4 Å². The van der Waals surface area contributed by atoms with Crippen LogP contribution in [0.5, 0.6) is 5.75 Å². The lowest BCUT2D eigenvalue weighted by atomic mass is 9.99. The van der Waals surface area contributed by atoms with Gasteiger partial charge in [-0.05, 0) is 72.4 Å². The summed E-state index contributed by atoms with van der Waals surface area (Å²) in [7, 11) is 0. The number of carbonyl (C=O) groups is 2. The van der Waals surface area contributed by atoms with E-state index < -0.39 is 35.7 Å². The number of allylic oxidation sites excluding steroid dienone is 1. The van der Waals surface area contributed by atoms with Crippen LogP contribution in [0.15, 0.2) is 60.5 Å². The highest BCUT2D eigenvalue weighted by atomic mass is 19.4. The normalized spacial score (nSPS) is 15.3. The number of rotatable bonds is 6. The largest absolute Gasteiger partial charge is 0.490 e. The fourth-order valence-corrected chi connectivity index (χ4v) is 3.51. The van der Waals surface area contributed by atoms with Crippen molar-refractivity contribution >= 4 is 11.9 Å². The third-order valence-electron chi connectivity index (χ3n) is 5.47. The molecule has 1 saturated carbocycles. The summed E-state index contributed by atoms with van der Waals surface area (Å²) >= 11 is 0. The van der Waals surface area contributed by atoms with E-state index in [-0.39, 0.29) is 17.2 Å². The Balaban J connectivity index is 0.000000505. The van der Waals surface area contributed by atoms with Crippen LogP contribution >= 0.6 is 0 Å². The third kappa shape index (κ3) is 7.73. The zero-order chi connectivity index (χ0) is 28.3. The van der Waals surface area contributed by atoms with Gasteiger partial charge < -0.3 is 19.8 Å². The van der Waals surface area contributed by atoms with Gasteiger partial charge in [-0.25, -0.2) is 14.0 Å². The Morgan fingerprint density at radius 3 is 2.18 bits per heavy atom. The first-order chi connectivity index (χ1) is 17.6. The van der Waals surface area contributed by atoms with Crippen molar-refractivity contribution in [2.45, 2.75) is 37.7 Å². The first-order valence-electron chi connectivity index (χ1n) is 11.0. The maximum atomic E-state index is 14.2. The maximum absolute atomic E-state index is 14.2. The van der Waals surface area contributed by atoms with Crippen LogP contribution in [0.4, 0.5) is 30.7 Å². The van der Waals surface area contributed by atoms with E-state index in [0.29, 0.717) is 18.8 Å². The van der Waals surface area contributed by atoms with Crippen molar-refractivity contribution in [3.8, 4) is 5.75 Å². The minimum Gasteiger partial charge on any atom is -0.478 e. The summed E-state index contributed by atoms with van der Waals surface area (Å²) in [4.78, 5) is 22.0. The van der Waals surface area contributed by atoms with Gasteiger partial charge in [0.1, 0.15) is 17.3 Å². The fraction of sp³-hybridized carbons (Fsp3) is 0.280. The monoisotopic (exact) mass is 547 g/mol. The van der Waals surface area contributed by atoms with Gasteiger partial charge in [0.2, 0.25) is 0 Å². The lowest BCUT2D eigenvalue weighted by Crippen LogP contribution is -2.21. The molecule has 0 aromatic heterocycles. The van der Waals surface area contributed by atoms with E-state index >= 15 is 0 Å². The van der Waals surface area contributed by atoms with Crippen LogP contribution in [-0.2, 0) is 17.5 Å². The number of benzene rings is 2. The molecule has 2 aromatic carbocycles. The Hall–Kier alpha value is -4.03. The molecule has 1 fully saturated rings. The lowest BCUT2D eigenvalue weighted by Gasteiger charge is -2.24. The van der Waals surface area contributed by atoms with Crippen LogP contribution in [-0.4, -0.2) is 39.8 Å². The number of carboxylic acid groups (broad SMARTS) is 2. The zero-order valence-corrected chi connectivity index (χ0v) is 19.3. The number of nitrogens with zero attached hydrogens (tertiary/aromatic N) is 1. The van der Waals surface area contributed by atoms with E-state index in [2.05, 4.69) is 0 Å². The van der Waals surface area contributed by atoms with Crippen LogP contribution < -0.4 is 4.74 Å². The summed E-state index contributed by atoms with van der Waals surface area (Å²) in [5.41, 5.74) is 0.468. The second-order valence-electron chi connectivity index (χ2n) is 8.39. The average molecular weight is 547 g/mol. The van der Waals surface area contributed by atoms with E-state index in [9.17, 15) is 40.6 Å². The summed E-state index contributed by atoms with van der Waals surface area (Å²) in [5.74, 6) is -4.07. The van der Waals surface area contributed by atoms with Crippen molar-refractivity contribution < 1.29 is 55.3 Å². The molecule has 38 heavy (non-hydrogen) atoms. The Labute approximate surface area is 211 Å². The van der Waals surface area contributed by atoms with E-state index in [1.807, 2.05) is 4.90 Å². The van der Waals surface area contributed by atoms with Crippen LogP contribution in [0.25, 0.3) is 0 Å². The Kier molecular flexibility index (Phi) is 8.38. The standard InChI is InChI=1S/C23H19F4NO3.C2HF3O2/c24-21-10-15(19(14-4-5-14)12-20(21)22(29)30)13-28-8-6-17(7-9-28)31-18-3-1-2-16(11-18)23(25,26)27;3-2(4,5)1(6)7/h1-3,6-8,10-12,14H,4-5,9,13H2,(H,29,30);(H,6,7). The van der Waals surface area contributed by atoms with Crippen molar-refractivity contribution in [2.24, 2.45) is 0 Å². The predicted molar refractivity (Wildman–Crippen MR) is 119 cm³/mol. The highest BCUT2D eigenvalue weighted by Gasteiger charge is 2.38. The Bertz CT molecular complexity index is 1260. The number of carboxylic acids is 2. The number of alkyl halides is 6. The molecule has 0 radical (unpaired) electrons. The average Bonchev–Trinajstić information content (AvgIpc) is 3.65. The molecule has 0 bridgehead atoms. The highest BCUT2D eigenvalue weighted by Crippen LogP contribution is 2.43. The zero-order valence-electron chi connectivity index (χ0n) is 19.3. The van der Waals surface area contributed by atoms with Crippen molar-refractivity contribution in [3.05, 3.63) is 88.6 Å². The molecule has 0 amide bonds. The van der Waals surface area contributed by atoms with Crippen molar-refractivity contribution in [3.63, 3.8) is 0 Å². The van der Waals surface area contributed by atoms with E-state index in [4.69, 9.17) is 14.6 Å². The summed E-state index contributed by atoms with van der Waals surface area (Å²) in [5, 5.41) is 16.3. The van der Waals surface area contributed by atoms with Crippen molar-refractivity contribution in [1.82, 2.24) is 4.90 Å². The molecule has 2 N–H and O–H groups in total.